The molecule has 0 unspecified atom stereocenters. The van der Waals surface area contributed by atoms with Gasteiger partial charge in [-0.1, -0.05) is 43.4 Å². The van der Waals surface area contributed by atoms with Crippen LogP contribution < -0.4 is 10.2 Å². The Morgan fingerprint density at radius 1 is 1.22 bits per heavy atom. The van der Waals surface area contributed by atoms with Crippen LogP contribution in [0.3, 0.4) is 0 Å². The van der Waals surface area contributed by atoms with Gasteiger partial charge in [-0.05, 0) is 31.0 Å². The van der Waals surface area contributed by atoms with Crippen molar-refractivity contribution in [1.29, 1.82) is 0 Å². The lowest BCUT2D eigenvalue weighted by atomic mass is 10.1. The average Bonchev–Trinajstić information content (AvgIpc) is 2.76. The molecule has 1 aromatic rings. The summed E-state index contributed by atoms with van der Waals surface area (Å²) in [4.78, 5) is 25.6. The van der Waals surface area contributed by atoms with Crippen molar-refractivity contribution in [2.45, 2.75) is 57.9 Å². The minimum atomic E-state index is -0.0884. The largest absolute Gasteiger partial charge is 0.353 e. The number of carbonyl (C=O) groups excluding carboxylic acids is 2. The van der Waals surface area contributed by atoms with Crippen molar-refractivity contribution in [3.8, 4) is 0 Å². The summed E-state index contributed by atoms with van der Waals surface area (Å²) in [6.45, 7) is 1.87. The summed E-state index contributed by atoms with van der Waals surface area (Å²) in [5, 5.41) is 3.69. The normalized spacial score (nSPS) is 15.7. The fourth-order valence-electron chi connectivity index (χ4n) is 3.05. The SMILES string of the molecule is CC(=O)N(CCC(=O)NC1CCCCCC1)c1cccc(Cl)c1. The van der Waals surface area contributed by atoms with Crippen LogP contribution in [0.2, 0.25) is 5.02 Å². The van der Waals surface area contributed by atoms with E-state index >= 15 is 0 Å². The minimum Gasteiger partial charge on any atom is -0.353 e. The van der Waals surface area contributed by atoms with Crippen molar-refractivity contribution in [3.05, 3.63) is 29.3 Å². The molecule has 0 atom stereocenters. The number of carbonyl (C=O) groups is 2. The number of hydrogen-bond donors (Lipinski definition) is 1. The molecule has 1 aliphatic carbocycles. The Bertz CT molecular complexity index is 540. The number of halogens is 1. The highest BCUT2D eigenvalue weighted by atomic mass is 35.5. The van der Waals surface area contributed by atoms with Gasteiger partial charge in [-0.25, -0.2) is 0 Å². The number of benzene rings is 1. The summed E-state index contributed by atoms with van der Waals surface area (Å²) >= 11 is 5.98. The minimum absolute atomic E-state index is 0.0187. The molecule has 0 radical (unpaired) electrons. The Morgan fingerprint density at radius 2 is 1.91 bits per heavy atom. The summed E-state index contributed by atoms with van der Waals surface area (Å²) in [6, 6.07) is 7.44. The first-order valence-corrected chi connectivity index (χ1v) is 8.77. The molecule has 2 rings (SSSR count). The van der Waals surface area contributed by atoms with Gasteiger partial charge in [0, 0.05) is 36.6 Å². The quantitative estimate of drug-likeness (QED) is 0.828. The van der Waals surface area contributed by atoms with Gasteiger partial charge < -0.3 is 10.2 Å². The van der Waals surface area contributed by atoms with Crippen LogP contribution in [0.4, 0.5) is 5.69 Å². The van der Waals surface area contributed by atoms with Crippen LogP contribution in [-0.4, -0.2) is 24.4 Å². The van der Waals surface area contributed by atoms with E-state index in [0.29, 0.717) is 24.0 Å². The third-order valence-electron chi connectivity index (χ3n) is 4.28. The monoisotopic (exact) mass is 336 g/mol. The molecule has 0 heterocycles. The summed E-state index contributed by atoms with van der Waals surface area (Å²) in [6.07, 6.45) is 7.34. The maximum Gasteiger partial charge on any atom is 0.223 e. The van der Waals surface area contributed by atoms with E-state index in [4.69, 9.17) is 11.6 Å². The molecule has 1 fully saturated rings. The summed E-state index contributed by atoms with van der Waals surface area (Å²) in [7, 11) is 0. The van der Waals surface area contributed by atoms with E-state index in [0.717, 1.165) is 18.5 Å². The Morgan fingerprint density at radius 3 is 2.52 bits per heavy atom. The zero-order valence-electron chi connectivity index (χ0n) is 13.7. The van der Waals surface area contributed by atoms with E-state index in [2.05, 4.69) is 5.32 Å². The van der Waals surface area contributed by atoms with Gasteiger partial charge in [0.05, 0.1) is 0 Å². The molecule has 1 N–H and O–H groups in total. The highest BCUT2D eigenvalue weighted by Gasteiger charge is 2.17. The summed E-state index contributed by atoms with van der Waals surface area (Å²) in [5.41, 5.74) is 0.729. The molecule has 0 aromatic heterocycles. The van der Waals surface area contributed by atoms with Gasteiger partial charge in [-0.15, -0.1) is 0 Å². The van der Waals surface area contributed by atoms with Crippen molar-refractivity contribution in [1.82, 2.24) is 5.32 Å². The standard InChI is InChI=1S/C18H25ClN2O2/c1-14(22)21(17-10-6-7-15(19)13-17)12-11-18(23)20-16-8-4-2-3-5-9-16/h6-7,10,13,16H,2-5,8-9,11-12H2,1H3,(H,20,23). The molecule has 0 saturated heterocycles. The van der Waals surface area contributed by atoms with Gasteiger partial charge in [0.1, 0.15) is 0 Å². The molecule has 1 aromatic carbocycles. The number of nitrogens with one attached hydrogen (secondary N) is 1. The van der Waals surface area contributed by atoms with E-state index in [1.165, 1.54) is 32.6 Å². The predicted molar refractivity (Wildman–Crippen MR) is 93.7 cm³/mol. The molecule has 126 valence electrons. The topological polar surface area (TPSA) is 49.4 Å². The molecule has 23 heavy (non-hydrogen) atoms. The molecule has 1 saturated carbocycles. The van der Waals surface area contributed by atoms with E-state index in [1.807, 2.05) is 6.07 Å². The third-order valence-corrected chi connectivity index (χ3v) is 4.52. The lowest BCUT2D eigenvalue weighted by Crippen LogP contribution is -2.38. The van der Waals surface area contributed by atoms with E-state index in [-0.39, 0.29) is 11.8 Å². The second-order valence-electron chi connectivity index (χ2n) is 6.16. The molecule has 4 nitrogen and oxygen atoms in total. The van der Waals surface area contributed by atoms with Gasteiger partial charge in [0.15, 0.2) is 0 Å². The Kier molecular flexibility index (Phi) is 6.90. The van der Waals surface area contributed by atoms with Gasteiger partial charge in [-0.2, -0.15) is 0 Å². The Hall–Kier alpha value is -1.55. The second-order valence-corrected chi connectivity index (χ2v) is 6.59. The van der Waals surface area contributed by atoms with E-state index < -0.39 is 0 Å². The van der Waals surface area contributed by atoms with E-state index in [1.54, 1.807) is 23.1 Å². The number of hydrogen-bond acceptors (Lipinski definition) is 2. The summed E-state index contributed by atoms with van der Waals surface area (Å²) < 4.78 is 0. The van der Waals surface area contributed by atoms with Gasteiger partial charge in [0.25, 0.3) is 0 Å². The fraction of sp³-hybridized carbons (Fsp3) is 0.556. The fourth-order valence-corrected chi connectivity index (χ4v) is 3.23. The first-order valence-electron chi connectivity index (χ1n) is 8.39. The number of nitrogens with zero attached hydrogens (tertiary/aromatic N) is 1. The molecule has 0 bridgehead atoms. The van der Waals surface area contributed by atoms with Crippen molar-refractivity contribution in [3.63, 3.8) is 0 Å². The van der Waals surface area contributed by atoms with E-state index in [9.17, 15) is 9.59 Å². The number of rotatable bonds is 5. The molecular formula is C18H25ClN2O2. The van der Waals surface area contributed by atoms with Crippen molar-refractivity contribution in [2.24, 2.45) is 0 Å². The van der Waals surface area contributed by atoms with Crippen molar-refractivity contribution < 1.29 is 9.59 Å². The van der Waals surface area contributed by atoms with Crippen LogP contribution in [0.25, 0.3) is 0 Å². The maximum atomic E-state index is 12.2. The zero-order chi connectivity index (χ0) is 16.7. The first-order chi connectivity index (χ1) is 11.1. The van der Waals surface area contributed by atoms with Crippen LogP contribution in [0.1, 0.15) is 51.9 Å². The number of anilines is 1. The Balaban J connectivity index is 1.88. The average molecular weight is 337 g/mol. The Labute approximate surface area is 143 Å². The third kappa shape index (κ3) is 5.87. The van der Waals surface area contributed by atoms with Crippen molar-refractivity contribution >= 4 is 29.1 Å². The lowest BCUT2D eigenvalue weighted by Gasteiger charge is -2.22. The lowest BCUT2D eigenvalue weighted by molar-refractivity contribution is -0.121. The molecular weight excluding hydrogens is 312 g/mol. The van der Waals surface area contributed by atoms with Gasteiger partial charge in [0.2, 0.25) is 11.8 Å². The first kappa shape index (κ1) is 17.8. The van der Waals surface area contributed by atoms with Gasteiger partial charge >= 0.3 is 0 Å². The van der Waals surface area contributed by atoms with Gasteiger partial charge in [-0.3, -0.25) is 9.59 Å². The predicted octanol–water partition coefficient (Wildman–Crippen LogP) is 3.92. The summed E-state index contributed by atoms with van der Waals surface area (Å²) in [5.74, 6) is -0.0697. The number of amides is 2. The van der Waals surface area contributed by atoms with Crippen LogP contribution >= 0.6 is 11.6 Å². The van der Waals surface area contributed by atoms with Crippen molar-refractivity contribution in [2.75, 3.05) is 11.4 Å². The zero-order valence-corrected chi connectivity index (χ0v) is 14.4. The van der Waals surface area contributed by atoms with Crippen LogP contribution in [0.15, 0.2) is 24.3 Å². The highest BCUT2D eigenvalue weighted by molar-refractivity contribution is 6.30. The molecule has 5 heteroatoms. The molecule has 0 spiro atoms. The van der Waals surface area contributed by atoms with Crippen LogP contribution in [0, 0.1) is 0 Å². The van der Waals surface area contributed by atoms with Crippen LogP contribution in [0.5, 0.6) is 0 Å². The highest BCUT2D eigenvalue weighted by Crippen LogP contribution is 2.20. The smallest absolute Gasteiger partial charge is 0.223 e. The molecule has 0 aliphatic heterocycles. The molecule has 2 amide bonds. The van der Waals surface area contributed by atoms with Crippen LogP contribution in [-0.2, 0) is 9.59 Å². The molecule has 1 aliphatic rings. The maximum absolute atomic E-state index is 12.2. The second kappa shape index (κ2) is 8.92.